The molecule has 1 aromatic carbocycles. The van der Waals surface area contributed by atoms with Crippen LogP contribution in [0.25, 0.3) is 10.2 Å². The molecule has 1 aliphatic rings. The number of carbonyl (C=O) groups is 1. The second-order valence-corrected chi connectivity index (χ2v) is 9.29. The number of thiazole rings is 1. The molecule has 0 atom stereocenters. The number of fused-ring (bicyclic) bond motifs is 1. The van der Waals surface area contributed by atoms with E-state index in [1.165, 1.54) is 23.5 Å². The van der Waals surface area contributed by atoms with Crippen LogP contribution in [0.4, 0.5) is 10.1 Å². The van der Waals surface area contributed by atoms with Gasteiger partial charge in [0.25, 0.3) is 5.91 Å². The van der Waals surface area contributed by atoms with Gasteiger partial charge in [-0.05, 0) is 37.6 Å². The Balaban J connectivity index is 1.57. The van der Waals surface area contributed by atoms with Crippen molar-refractivity contribution < 1.29 is 19.2 Å². The Kier molecular flexibility index (Phi) is 7.30. The standard InChI is InChI=1S/C21H24N4O5S2/c1-2-30-15-4-5-16-18(14-15)32-21(22-16)24(9-3-8-23-10-12-29-13-11-23)20(26)17-6-7-19(31-17)25(27)28/h4-7,14H,2-3,8-13H2,1H3. The molecule has 0 N–H and O–H groups in total. The fourth-order valence-corrected chi connectivity index (χ4v) is 5.29. The molecule has 0 radical (unpaired) electrons. The Morgan fingerprint density at radius 3 is 2.81 bits per heavy atom. The van der Waals surface area contributed by atoms with Gasteiger partial charge in [0.05, 0.1) is 39.8 Å². The van der Waals surface area contributed by atoms with Gasteiger partial charge < -0.3 is 9.47 Å². The Morgan fingerprint density at radius 2 is 2.09 bits per heavy atom. The van der Waals surface area contributed by atoms with Crippen molar-refractivity contribution in [2.75, 3.05) is 50.9 Å². The molecular weight excluding hydrogens is 452 g/mol. The maximum absolute atomic E-state index is 13.3. The van der Waals surface area contributed by atoms with Gasteiger partial charge in [-0.2, -0.15) is 0 Å². The summed E-state index contributed by atoms with van der Waals surface area (Å²) in [5, 5.41) is 11.6. The summed E-state index contributed by atoms with van der Waals surface area (Å²) in [5.74, 6) is 0.489. The van der Waals surface area contributed by atoms with Gasteiger partial charge in [-0.3, -0.25) is 24.7 Å². The highest BCUT2D eigenvalue weighted by Gasteiger charge is 2.25. The van der Waals surface area contributed by atoms with E-state index >= 15 is 0 Å². The minimum atomic E-state index is -0.475. The van der Waals surface area contributed by atoms with E-state index in [1.54, 1.807) is 4.90 Å². The lowest BCUT2D eigenvalue weighted by molar-refractivity contribution is -0.380. The Labute approximate surface area is 193 Å². The summed E-state index contributed by atoms with van der Waals surface area (Å²) in [4.78, 5) is 32.9. The minimum Gasteiger partial charge on any atom is -0.494 e. The van der Waals surface area contributed by atoms with Crippen LogP contribution in [0.2, 0.25) is 0 Å². The lowest BCUT2D eigenvalue weighted by atomic mass is 10.3. The highest BCUT2D eigenvalue weighted by Crippen LogP contribution is 2.34. The van der Waals surface area contributed by atoms with Crippen LogP contribution in [-0.2, 0) is 4.74 Å². The van der Waals surface area contributed by atoms with Crippen LogP contribution in [0.1, 0.15) is 23.0 Å². The summed E-state index contributed by atoms with van der Waals surface area (Å²) in [6.07, 6.45) is 0.763. The van der Waals surface area contributed by atoms with Crippen LogP contribution in [-0.4, -0.2) is 66.7 Å². The molecule has 0 unspecified atom stereocenters. The summed E-state index contributed by atoms with van der Waals surface area (Å²) in [5.41, 5.74) is 0.789. The summed E-state index contributed by atoms with van der Waals surface area (Å²) in [7, 11) is 0. The van der Waals surface area contributed by atoms with Crippen LogP contribution in [0.15, 0.2) is 30.3 Å². The highest BCUT2D eigenvalue weighted by atomic mass is 32.1. The van der Waals surface area contributed by atoms with Crippen LogP contribution < -0.4 is 9.64 Å². The average molecular weight is 477 g/mol. The molecule has 2 aromatic heterocycles. The summed E-state index contributed by atoms with van der Waals surface area (Å²) in [6, 6.07) is 8.55. The second kappa shape index (κ2) is 10.3. The molecule has 11 heteroatoms. The number of ether oxygens (including phenoxy) is 2. The van der Waals surface area contributed by atoms with Crippen LogP contribution in [0, 0.1) is 10.1 Å². The Hall–Kier alpha value is -2.60. The van der Waals surface area contributed by atoms with Crippen LogP contribution >= 0.6 is 22.7 Å². The zero-order valence-electron chi connectivity index (χ0n) is 17.7. The Bertz CT molecular complexity index is 1090. The monoisotopic (exact) mass is 476 g/mol. The van der Waals surface area contributed by atoms with Gasteiger partial charge in [-0.25, -0.2) is 4.98 Å². The molecule has 4 rings (SSSR count). The molecule has 0 aliphatic carbocycles. The number of nitrogens with zero attached hydrogens (tertiary/aromatic N) is 4. The van der Waals surface area contributed by atoms with Gasteiger partial charge in [0.2, 0.25) is 0 Å². The van der Waals surface area contributed by atoms with Crippen molar-refractivity contribution in [3.05, 3.63) is 45.3 Å². The van der Waals surface area contributed by atoms with Crippen molar-refractivity contribution in [1.82, 2.24) is 9.88 Å². The lowest BCUT2D eigenvalue weighted by Crippen LogP contribution is -2.39. The van der Waals surface area contributed by atoms with Gasteiger partial charge in [-0.1, -0.05) is 22.7 Å². The largest absolute Gasteiger partial charge is 0.494 e. The number of aromatic nitrogens is 1. The number of morpholine rings is 1. The third-order valence-corrected chi connectivity index (χ3v) is 7.14. The van der Waals surface area contributed by atoms with E-state index in [1.807, 2.05) is 25.1 Å². The van der Waals surface area contributed by atoms with Crippen molar-refractivity contribution in [2.45, 2.75) is 13.3 Å². The second-order valence-electron chi connectivity index (χ2n) is 7.22. The van der Waals surface area contributed by atoms with Crippen molar-refractivity contribution in [3.8, 4) is 5.75 Å². The highest BCUT2D eigenvalue weighted by molar-refractivity contribution is 7.22. The fourth-order valence-electron chi connectivity index (χ4n) is 3.50. The minimum absolute atomic E-state index is 0.0488. The first-order valence-corrected chi connectivity index (χ1v) is 12.1. The number of amides is 1. The topological polar surface area (TPSA) is 98.0 Å². The molecule has 3 heterocycles. The Morgan fingerprint density at radius 1 is 1.28 bits per heavy atom. The van der Waals surface area contributed by atoms with Crippen molar-refractivity contribution in [2.24, 2.45) is 0 Å². The molecule has 1 amide bonds. The number of hydrogen-bond acceptors (Lipinski definition) is 9. The van der Waals surface area contributed by atoms with Crippen LogP contribution in [0.5, 0.6) is 5.75 Å². The molecule has 3 aromatic rings. The zero-order chi connectivity index (χ0) is 22.5. The number of anilines is 1. The summed E-state index contributed by atoms with van der Waals surface area (Å²) < 4.78 is 11.9. The van der Waals surface area contributed by atoms with E-state index < -0.39 is 4.92 Å². The fraction of sp³-hybridized carbons (Fsp3) is 0.429. The molecule has 170 valence electrons. The van der Waals surface area contributed by atoms with E-state index in [9.17, 15) is 14.9 Å². The van der Waals surface area contributed by atoms with Gasteiger partial charge in [-0.15, -0.1) is 0 Å². The lowest BCUT2D eigenvalue weighted by Gasteiger charge is -2.27. The van der Waals surface area contributed by atoms with E-state index in [-0.39, 0.29) is 10.9 Å². The first kappa shape index (κ1) is 22.6. The number of thiophene rings is 1. The maximum atomic E-state index is 13.3. The number of hydrogen-bond donors (Lipinski definition) is 0. The summed E-state index contributed by atoms with van der Waals surface area (Å²) >= 11 is 2.31. The SMILES string of the molecule is CCOc1ccc2nc(N(CCCN3CCOCC3)C(=O)c3ccc([N+](=O)[O-])s3)sc2c1. The molecule has 1 fully saturated rings. The van der Waals surface area contributed by atoms with E-state index in [2.05, 4.69) is 9.88 Å². The molecule has 9 nitrogen and oxygen atoms in total. The summed E-state index contributed by atoms with van der Waals surface area (Å²) in [6.45, 7) is 7.02. The molecule has 0 spiro atoms. The number of rotatable bonds is 9. The van der Waals surface area contributed by atoms with Gasteiger partial charge >= 0.3 is 5.00 Å². The molecule has 0 saturated carbocycles. The first-order chi connectivity index (χ1) is 15.5. The zero-order valence-corrected chi connectivity index (χ0v) is 19.3. The van der Waals surface area contributed by atoms with E-state index in [0.717, 1.165) is 66.6 Å². The number of nitro groups is 1. The molecule has 0 bridgehead atoms. The predicted octanol–water partition coefficient (Wildman–Crippen LogP) is 4.03. The smallest absolute Gasteiger partial charge is 0.324 e. The number of carbonyl (C=O) groups excluding carboxylic acids is 1. The molecular formula is C21H24N4O5S2. The third kappa shape index (κ3) is 5.23. The van der Waals surface area contributed by atoms with Gasteiger partial charge in [0, 0.05) is 32.2 Å². The molecule has 1 aliphatic heterocycles. The molecule has 32 heavy (non-hydrogen) atoms. The molecule has 1 saturated heterocycles. The van der Waals surface area contributed by atoms with Crippen molar-refractivity contribution in [3.63, 3.8) is 0 Å². The van der Waals surface area contributed by atoms with Gasteiger partial charge in [0.15, 0.2) is 5.13 Å². The van der Waals surface area contributed by atoms with E-state index in [4.69, 9.17) is 9.47 Å². The van der Waals surface area contributed by atoms with Crippen molar-refractivity contribution in [1.29, 1.82) is 0 Å². The van der Waals surface area contributed by atoms with E-state index in [0.29, 0.717) is 23.2 Å². The van der Waals surface area contributed by atoms with Crippen LogP contribution in [0.3, 0.4) is 0 Å². The predicted molar refractivity (Wildman–Crippen MR) is 125 cm³/mol. The van der Waals surface area contributed by atoms with Crippen molar-refractivity contribution >= 4 is 48.9 Å². The first-order valence-electron chi connectivity index (χ1n) is 10.4. The average Bonchev–Trinajstić information content (AvgIpc) is 3.44. The number of benzene rings is 1. The normalized spacial score (nSPS) is 14.5. The van der Waals surface area contributed by atoms with Gasteiger partial charge in [0.1, 0.15) is 5.75 Å². The quantitative estimate of drug-likeness (QED) is 0.340. The maximum Gasteiger partial charge on any atom is 0.324 e. The third-order valence-electron chi connectivity index (χ3n) is 5.08.